The molecule has 2 aromatic rings. The van der Waals surface area contributed by atoms with Crippen LogP contribution >= 0.6 is 0 Å². The van der Waals surface area contributed by atoms with Crippen LogP contribution in [0, 0.1) is 27.7 Å². The van der Waals surface area contributed by atoms with E-state index in [2.05, 4.69) is 49.0 Å². The van der Waals surface area contributed by atoms with Crippen LogP contribution in [0.2, 0.25) is 0 Å². The van der Waals surface area contributed by atoms with Gasteiger partial charge in [-0.25, -0.2) is 9.97 Å². The lowest BCUT2D eigenvalue weighted by atomic mass is 9.92. The Balaban J connectivity index is 2.70. The maximum Gasteiger partial charge on any atom is 0.129 e. The van der Waals surface area contributed by atoms with E-state index in [1.807, 2.05) is 13.1 Å². The second-order valence-electron chi connectivity index (χ2n) is 4.67. The fourth-order valence-electron chi connectivity index (χ4n) is 2.23. The van der Waals surface area contributed by atoms with Gasteiger partial charge in [-0.3, -0.25) is 0 Å². The average Bonchev–Trinajstić information content (AvgIpc) is 2.37. The number of anilines is 1. The van der Waals surface area contributed by atoms with Gasteiger partial charge in [0, 0.05) is 18.7 Å². The maximum absolute atomic E-state index is 4.41. The lowest BCUT2D eigenvalue weighted by molar-refractivity contribution is 1.14. The molecule has 1 heterocycles. The van der Waals surface area contributed by atoms with Crippen molar-refractivity contribution in [2.45, 2.75) is 27.7 Å². The second kappa shape index (κ2) is 4.77. The van der Waals surface area contributed by atoms with E-state index in [1.54, 1.807) is 6.33 Å². The monoisotopic (exact) mass is 241 g/mol. The molecule has 0 aliphatic rings. The Labute approximate surface area is 108 Å². The molecule has 0 saturated heterocycles. The summed E-state index contributed by atoms with van der Waals surface area (Å²) in [5.74, 6) is 0.845. The van der Waals surface area contributed by atoms with Crippen molar-refractivity contribution in [2.24, 2.45) is 0 Å². The molecule has 3 nitrogen and oxygen atoms in total. The summed E-state index contributed by atoms with van der Waals surface area (Å²) in [6.45, 7) is 8.59. The largest absolute Gasteiger partial charge is 0.373 e. The smallest absolute Gasteiger partial charge is 0.129 e. The first kappa shape index (κ1) is 12.6. The number of rotatable bonds is 2. The van der Waals surface area contributed by atoms with E-state index in [0.29, 0.717) is 0 Å². The van der Waals surface area contributed by atoms with Crippen molar-refractivity contribution in [2.75, 3.05) is 12.4 Å². The van der Waals surface area contributed by atoms with E-state index >= 15 is 0 Å². The molecule has 18 heavy (non-hydrogen) atoms. The number of benzene rings is 1. The number of aryl methyl sites for hydroxylation is 2. The van der Waals surface area contributed by atoms with E-state index in [9.17, 15) is 0 Å². The summed E-state index contributed by atoms with van der Waals surface area (Å²) in [5, 5.41) is 3.05. The van der Waals surface area contributed by atoms with Gasteiger partial charge in [0.2, 0.25) is 0 Å². The molecule has 1 aromatic carbocycles. The zero-order valence-electron chi connectivity index (χ0n) is 11.6. The van der Waals surface area contributed by atoms with Crippen LogP contribution in [-0.4, -0.2) is 17.0 Å². The maximum atomic E-state index is 4.41. The standard InChI is InChI=1S/C15H19N3/c1-9-6-10(2)12(4)15(11(9)3)13-7-14(16-5)18-8-17-13/h6-8H,1-5H3,(H,16,17,18). The number of hydrogen-bond acceptors (Lipinski definition) is 3. The molecule has 0 atom stereocenters. The molecule has 0 unspecified atom stereocenters. The minimum absolute atomic E-state index is 0.845. The predicted molar refractivity (Wildman–Crippen MR) is 76.0 cm³/mol. The van der Waals surface area contributed by atoms with Crippen LogP contribution in [0.1, 0.15) is 22.3 Å². The number of hydrogen-bond donors (Lipinski definition) is 1. The summed E-state index contributed by atoms with van der Waals surface area (Å²) < 4.78 is 0. The Kier molecular flexibility index (Phi) is 3.32. The zero-order chi connectivity index (χ0) is 13.3. The van der Waals surface area contributed by atoms with Gasteiger partial charge >= 0.3 is 0 Å². The molecular formula is C15H19N3. The Morgan fingerprint density at radius 3 is 2.06 bits per heavy atom. The predicted octanol–water partition coefficient (Wildman–Crippen LogP) is 3.42. The minimum Gasteiger partial charge on any atom is -0.373 e. The van der Waals surface area contributed by atoms with Crippen LogP contribution in [-0.2, 0) is 0 Å². The highest BCUT2D eigenvalue weighted by Crippen LogP contribution is 2.30. The van der Waals surface area contributed by atoms with Gasteiger partial charge in [0.25, 0.3) is 0 Å². The van der Waals surface area contributed by atoms with E-state index in [4.69, 9.17) is 0 Å². The van der Waals surface area contributed by atoms with Gasteiger partial charge in [-0.15, -0.1) is 0 Å². The molecule has 3 heteroatoms. The molecule has 0 radical (unpaired) electrons. The van der Waals surface area contributed by atoms with Crippen molar-refractivity contribution in [3.8, 4) is 11.3 Å². The van der Waals surface area contributed by atoms with Crippen LogP contribution in [0.4, 0.5) is 5.82 Å². The van der Waals surface area contributed by atoms with Crippen LogP contribution in [0.5, 0.6) is 0 Å². The van der Waals surface area contributed by atoms with Gasteiger partial charge in [-0.1, -0.05) is 6.07 Å². The van der Waals surface area contributed by atoms with Crippen molar-refractivity contribution in [1.82, 2.24) is 9.97 Å². The van der Waals surface area contributed by atoms with E-state index in [-0.39, 0.29) is 0 Å². The minimum atomic E-state index is 0.845. The van der Waals surface area contributed by atoms with Crippen LogP contribution < -0.4 is 5.32 Å². The highest BCUT2D eigenvalue weighted by molar-refractivity contribution is 5.72. The number of nitrogens with zero attached hydrogens (tertiary/aromatic N) is 2. The molecule has 1 N–H and O–H groups in total. The third-order valence-electron chi connectivity index (χ3n) is 3.55. The first-order valence-corrected chi connectivity index (χ1v) is 6.12. The van der Waals surface area contributed by atoms with Gasteiger partial charge in [0.1, 0.15) is 12.1 Å². The third-order valence-corrected chi connectivity index (χ3v) is 3.55. The number of nitrogens with one attached hydrogen (secondary N) is 1. The van der Waals surface area contributed by atoms with Gasteiger partial charge < -0.3 is 5.32 Å². The molecule has 0 aliphatic heterocycles. The molecule has 0 spiro atoms. The topological polar surface area (TPSA) is 37.8 Å². The Morgan fingerprint density at radius 2 is 1.50 bits per heavy atom. The summed E-state index contributed by atoms with van der Waals surface area (Å²) in [6.07, 6.45) is 1.61. The Bertz CT molecular complexity index is 562. The lowest BCUT2D eigenvalue weighted by Crippen LogP contribution is -1.99. The van der Waals surface area contributed by atoms with Gasteiger partial charge in [0.15, 0.2) is 0 Å². The summed E-state index contributed by atoms with van der Waals surface area (Å²) in [5.41, 5.74) is 7.40. The molecule has 0 bridgehead atoms. The van der Waals surface area contributed by atoms with Gasteiger partial charge in [-0.2, -0.15) is 0 Å². The number of aromatic nitrogens is 2. The molecule has 0 fully saturated rings. The molecule has 0 saturated carbocycles. The molecule has 1 aromatic heterocycles. The highest BCUT2D eigenvalue weighted by Gasteiger charge is 2.12. The molecule has 0 amide bonds. The molecule has 94 valence electrons. The summed E-state index contributed by atoms with van der Waals surface area (Å²) >= 11 is 0. The highest BCUT2D eigenvalue weighted by atomic mass is 15.0. The average molecular weight is 241 g/mol. The lowest BCUT2D eigenvalue weighted by Gasteiger charge is -2.15. The van der Waals surface area contributed by atoms with E-state index in [1.165, 1.54) is 27.8 Å². The van der Waals surface area contributed by atoms with Crippen molar-refractivity contribution in [3.63, 3.8) is 0 Å². The van der Waals surface area contributed by atoms with Crippen molar-refractivity contribution < 1.29 is 0 Å². The summed E-state index contributed by atoms with van der Waals surface area (Å²) in [4.78, 5) is 8.58. The SMILES string of the molecule is CNc1cc(-c2c(C)c(C)cc(C)c2C)ncn1. The van der Waals surface area contributed by atoms with Crippen molar-refractivity contribution in [3.05, 3.63) is 40.7 Å². The fraction of sp³-hybridized carbons (Fsp3) is 0.333. The van der Waals surface area contributed by atoms with Crippen LogP contribution in [0.25, 0.3) is 11.3 Å². The summed E-state index contributed by atoms with van der Waals surface area (Å²) in [7, 11) is 1.87. The fourth-order valence-corrected chi connectivity index (χ4v) is 2.23. The van der Waals surface area contributed by atoms with Crippen LogP contribution in [0.15, 0.2) is 18.5 Å². The van der Waals surface area contributed by atoms with Crippen molar-refractivity contribution >= 4 is 5.82 Å². The molecule has 2 rings (SSSR count). The quantitative estimate of drug-likeness (QED) is 0.875. The molecule has 0 aliphatic carbocycles. The normalized spacial score (nSPS) is 10.5. The first-order chi connectivity index (χ1) is 8.54. The summed E-state index contributed by atoms with van der Waals surface area (Å²) in [6, 6.07) is 4.22. The van der Waals surface area contributed by atoms with Gasteiger partial charge in [-0.05, 0) is 49.9 Å². The van der Waals surface area contributed by atoms with Crippen molar-refractivity contribution in [1.29, 1.82) is 0 Å². The molecular weight excluding hydrogens is 222 g/mol. The second-order valence-corrected chi connectivity index (χ2v) is 4.67. The van der Waals surface area contributed by atoms with E-state index in [0.717, 1.165) is 11.5 Å². The Hall–Kier alpha value is -1.90. The van der Waals surface area contributed by atoms with E-state index < -0.39 is 0 Å². The third kappa shape index (κ3) is 2.08. The first-order valence-electron chi connectivity index (χ1n) is 6.12. The van der Waals surface area contributed by atoms with Crippen LogP contribution in [0.3, 0.4) is 0 Å². The zero-order valence-corrected chi connectivity index (χ0v) is 11.6. The van der Waals surface area contributed by atoms with Gasteiger partial charge in [0.05, 0.1) is 5.69 Å². The Morgan fingerprint density at radius 1 is 0.889 bits per heavy atom.